The van der Waals surface area contributed by atoms with Crippen LogP contribution in [0.15, 0.2) is 41.3 Å². The zero-order chi connectivity index (χ0) is 12.7. The number of nitrogen functional groups attached to an aromatic ring is 1. The molecule has 0 aliphatic rings. The number of nitrogens with two attached hydrogens (primary N) is 1. The quantitative estimate of drug-likeness (QED) is 0.633. The van der Waals surface area contributed by atoms with Gasteiger partial charge in [0.05, 0.1) is 11.9 Å². The molecule has 2 N–H and O–H groups in total. The molecule has 0 aliphatic heterocycles. The van der Waals surface area contributed by atoms with Crippen LogP contribution >= 0.6 is 0 Å². The van der Waals surface area contributed by atoms with Gasteiger partial charge in [-0.25, -0.2) is 14.3 Å². The number of benzene rings is 1. The number of fused-ring (bicyclic) bond motifs is 1. The lowest BCUT2D eigenvalue weighted by molar-refractivity contribution is 0.833. The Morgan fingerprint density at radius 2 is 1.94 bits per heavy atom. The van der Waals surface area contributed by atoms with Gasteiger partial charge in [-0.05, 0) is 19.1 Å². The molecule has 0 amide bonds. The summed E-state index contributed by atoms with van der Waals surface area (Å²) < 4.78 is 2.66. The predicted octanol–water partition coefficient (Wildman–Crippen LogP) is 0.604. The molecule has 2 aromatic heterocycles. The molecule has 0 radical (unpaired) electrons. The summed E-state index contributed by atoms with van der Waals surface area (Å²) in [5, 5.41) is 4.60. The second-order valence-corrected chi connectivity index (χ2v) is 3.96. The van der Waals surface area contributed by atoms with Crippen molar-refractivity contribution in [1.29, 1.82) is 0 Å². The van der Waals surface area contributed by atoms with Gasteiger partial charge in [0.2, 0.25) is 0 Å². The van der Waals surface area contributed by atoms with Crippen LogP contribution in [0.3, 0.4) is 0 Å². The van der Waals surface area contributed by atoms with Gasteiger partial charge < -0.3 is 5.84 Å². The highest BCUT2D eigenvalue weighted by Gasteiger charge is 2.12. The summed E-state index contributed by atoms with van der Waals surface area (Å²) in [7, 11) is 0. The number of aryl methyl sites for hydroxylation is 1. The normalized spacial score (nSPS) is 10.9. The maximum Gasteiger partial charge on any atom is 0.283 e. The molecular formula is C12H11N5O. The third-order valence-corrected chi connectivity index (χ3v) is 2.81. The smallest absolute Gasteiger partial charge is 0.283 e. The van der Waals surface area contributed by atoms with Crippen LogP contribution in [0.5, 0.6) is 0 Å². The highest BCUT2D eigenvalue weighted by atomic mass is 16.1. The number of aromatic nitrogens is 4. The number of para-hydroxylation sites is 1. The molecule has 0 atom stereocenters. The molecule has 3 rings (SSSR count). The summed E-state index contributed by atoms with van der Waals surface area (Å²) >= 11 is 0. The Kier molecular flexibility index (Phi) is 2.16. The third-order valence-electron chi connectivity index (χ3n) is 2.81. The van der Waals surface area contributed by atoms with Crippen LogP contribution in [-0.4, -0.2) is 19.4 Å². The van der Waals surface area contributed by atoms with Crippen LogP contribution in [0.1, 0.15) is 5.82 Å². The highest BCUT2D eigenvalue weighted by Crippen LogP contribution is 2.13. The van der Waals surface area contributed by atoms with Gasteiger partial charge in [-0.15, -0.1) is 0 Å². The van der Waals surface area contributed by atoms with Gasteiger partial charge in [-0.2, -0.15) is 5.10 Å². The molecule has 0 saturated carbocycles. The van der Waals surface area contributed by atoms with E-state index in [1.165, 1.54) is 6.20 Å². The summed E-state index contributed by atoms with van der Waals surface area (Å²) in [4.78, 5) is 16.2. The molecule has 0 saturated heterocycles. The van der Waals surface area contributed by atoms with E-state index < -0.39 is 0 Å². The van der Waals surface area contributed by atoms with Gasteiger partial charge in [0.25, 0.3) is 5.56 Å². The lowest BCUT2D eigenvalue weighted by Crippen LogP contribution is -2.30. The van der Waals surface area contributed by atoms with Crippen LogP contribution in [0.2, 0.25) is 0 Å². The van der Waals surface area contributed by atoms with E-state index in [1.807, 2.05) is 30.3 Å². The Morgan fingerprint density at radius 3 is 2.67 bits per heavy atom. The average molecular weight is 241 g/mol. The first-order valence-electron chi connectivity index (χ1n) is 5.46. The molecule has 18 heavy (non-hydrogen) atoms. The maximum atomic E-state index is 11.9. The molecule has 3 aromatic rings. The molecule has 0 aliphatic carbocycles. The van der Waals surface area contributed by atoms with Crippen molar-refractivity contribution in [2.24, 2.45) is 0 Å². The van der Waals surface area contributed by atoms with Crippen molar-refractivity contribution in [3.63, 3.8) is 0 Å². The molecule has 0 unspecified atom stereocenters. The Bertz CT molecular complexity index is 772. The molecule has 0 fully saturated rings. The van der Waals surface area contributed by atoms with Crippen molar-refractivity contribution in [2.75, 3.05) is 5.84 Å². The first kappa shape index (κ1) is 10.5. The second-order valence-electron chi connectivity index (χ2n) is 3.96. The maximum absolute atomic E-state index is 11.9. The standard InChI is InChI=1S/C12H11N5O/c1-8-15-11-10(12(18)16(8)13)7-14-17(11)9-5-3-2-4-6-9/h2-7H,13H2,1H3. The fourth-order valence-corrected chi connectivity index (χ4v) is 1.84. The molecule has 1 aromatic carbocycles. The second kappa shape index (κ2) is 3.69. The number of rotatable bonds is 1. The van der Waals surface area contributed by atoms with Gasteiger partial charge in [0.15, 0.2) is 5.65 Å². The zero-order valence-electron chi connectivity index (χ0n) is 9.74. The van der Waals surface area contributed by atoms with E-state index in [1.54, 1.807) is 11.6 Å². The Hall–Kier alpha value is -2.63. The van der Waals surface area contributed by atoms with Gasteiger partial charge in [-0.3, -0.25) is 4.79 Å². The van der Waals surface area contributed by atoms with Crippen LogP contribution < -0.4 is 11.4 Å². The van der Waals surface area contributed by atoms with Gasteiger partial charge >= 0.3 is 0 Å². The lowest BCUT2D eigenvalue weighted by atomic mass is 10.3. The topological polar surface area (TPSA) is 78.7 Å². The molecule has 6 heteroatoms. The lowest BCUT2D eigenvalue weighted by Gasteiger charge is -2.05. The van der Waals surface area contributed by atoms with E-state index >= 15 is 0 Å². The summed E-state index contributed by atoms with van der Waals surface area (Å²) in [5.41, 5.74) is 1.08. The van der Waals surface area contributed by atoms with Gasteiger partial charge in [-0.1, -0.05) is 18.2 Å². The Balaban J connectivity index is 2.38. The SMILES string of the molecule is Cc1nc2c(cnn2-c2ccccc2)c(=O)n1N. The highest BCUT2D eigenvalue weighted by molar-refractivity contribution is 5.75. The minimum atomic E-state index is -0.292. The van der Waals surface area contributed by atoms with E-state index in [2.05, 4.69) is 10.1 Å². The number of hydrogen-bond donors (Lipinski definition) is 1. The summed E-state index contributed by atoms with van der Waals surface area (Å²) in [6.07, 6.45) is 1.49. The minimum Gasteiger partial charge on any atom is -0.335 e. The first-order valence-corrected chi connectivity index (χ1v) is 5.46. The largest absolute Gasteiger partial charge is 0.335 e. The Morgan fingerprint density at radius 1 is 1.22 bits per heavy atom. The van der Waals surface area contributed by atoms with Crippen molar-refractivity contribution >= 4 is 11.0 Å². The van der Waals surface area contributed by atoms with E-state index in [9.17, 15) is 4.79 Å². The minimum absolute atomic E-state index is 0.292. The van der Waals surface area contributed by atoms with Crippen molar-refractivity contribution < 1.29 is 0 Å². The number of hydrogen-bond acceptors (Lipinski definition) is 4. The van der Waals surface area contributed by atoms with E-state index in [4.69, 9.17) is 5.84 Å². The Labute approximate surface area is 102 Å². The van der Waals surface area contributed by atoms with Crippen LogP contribution in [0, 0.1) is 6.92 Å². The molecule has 2 heterocycles. The fraction of sp³-hybridized carbons (Fsp3) is 0.0833. The molecule has 90 valence electrons. The van der Waals surface area contributed by atoms with Crippen LogP contribution in [0.25, 0.3) is 16.7 Å². The first-order chi connectivity index (χ1) is 8.68. The van der Waals surface area contributed by atoms with E-state index in [-0.39, 0.29) is 5.56 Å². The van der Waals surface area contributed by atoms with Crippen LogP contribution in [-0.2, 0) is 0 Å². The number of nitrogens with zero attached hydrogens (tertiary/aromatic N) is 4. The van der Waals surface area contributed by atoms with Crippen molar-refractivity contribution in [3.8, 4) is 5.69 Å². The average Bonchev–Trinajstić information content (AvgIpc) is 2.81. The van der Waals surface area contributed by atoms with Crippen molar-refractivity contribution in [3.05, 3.63) is 52.7 Å². The zero-order valence-corrected chi connectivity index (χ0v) is 9.74. The van der Waals surface area contributed by atoms with Crippen molar-refractivity contribution in [1.82, 2.24) is 19.4 Å². The molecular weight excluding hydrogens is 230 g/mol. The van der Waals surface area contributed by atoms with E-state index in [0.717, 1.165) is 10.4 Å². The third kappa shape index (κ3) is 1.39. The van der Waals surface area contributed by atoms with Gasteiger partial charge in [0, 0.05) is 0 Å². The van der Waals surface area contributed by atoms with E-state index in [0.29, 0.717) is 16.9 Å². The molecule has 6 nitrogen and oxygen atoms in total. The van der Waals surface area contributed by atoms with Crippen LogP contribution in [0.4, 0.5) is 0 Å². The summed E-state index contributed by atoms with van der Waals surface area (Å²) in [6.45, 7) is 1.68. The molecule has 0 bridgehead atoms. The van der Waals surface area contributed by atoms with Crippen molar-refractivity contribution in [2.45, 2.75) is 6.92 Å². The molecule has 0 spiro atoms. The summed E-state index contributed by atoms with van der Waals surface area (Å²) in [6, 6.07) is 9.52. The summed E-state index contributed by atoms with van der Waals surface area (Å²) in [5.74, 6) is 6.05. The van der Waals surface area contributed by atoms with Gasteiger partial charge in [0.1, 0.15) is 11.2 Å². The predicted molar refractivity (Wildman–Crippen MR) is 68.0 cm³/mol. The fourth-order valence-electron chi connectivity index (χ4n) is 1.84. The monoisotopic (exact) mass is 241 g/mol.